The first kappa shape index (κ1) is 17.1. The molecule has 0 saturated heterocycles. The standard InChI is InChI=1S/C19H20FN3O2/c1-12(14-5-3-4-6-15(14)20)18(24)19(25)21-10-13-7-8-17-16(9-13)22-11-23(17)2/h3-9,11-12,18,24H,10H2,1-2H3,(H,21,25). The van der Waals surface area contributed by atoms with Crippen molar-refractivity contribution >= 4 is 16.9 Å². The summed E-state index contributed by atoms with van der Waals surface area (Å²) in [6.07, 6.45) is 0.405. The molecule has 0 radical (unpaired) electrons. The average molecular weight is 341 g/mol. The molecule has 0 fully saturated rings. The van der Waals surface area contributed by atoms with E-state index < -0.39 is 23.7 Å². The van der Waals surface area contributed by atoms with Gasteiger partial charge >= 0.3 is 0 Å². The molecule has 1 heterocycles. The summed E-state index contributed by atoms with van der Waals surface area (Å²) in [5, 5.41) is 12.9. The maximum Gasteiger partial charge on any atom is 0.249 e. The van der Waals surface area contributed by atoms with E-state index in [1.807, 2.05) is 29.8 Å². The highest BCUT2D eigenvalue weighted by atomic mass is 19.1. The third-order valence-corrected chi connectivity index (χ3v) is 4.39. The smallest absolute Gasteiger partial charge is 0.249 e. The van der Waals surface area contributed by atoms with Gasteiger partial charge in [-0.15, -0.1) is 0 Å². The van der Waals surface area contributed by atoms with Gasteiger partial charge in [0.1, 0.15) is 11.9 Å². The molecule has 0 saturated carbocycles. The van der Waals surface area contributed by atoms with E-state index >= 15 is 0 Å². The topological polar surface area (TPSA) is 67.2 Å². The Labute approximate surface area is 145 Å². The van der Waals surface area contributed by atoms with E-state index in [0.29, 0.717) is 5.56 Å². The van der Waals surface area contributed by atoms with Crippen LogP contribution in [0.1, 0.15) is 24.0 Å². The molecule has 25 heavy (non-hydrogen) atoms. The van der Waals surface area contributed by atoms with Gasteiger partial charge in [-0.1, -0.05) is 31.2 Å². The van der Waals surface area contributed by atoms with Crippen molar-refractivity contribution in [1.29, 1.82) is 0 Å². The number of aromatic nitrogens is 2. The molecule has 0 bridgehead atoms. The number of fused-ring (bicyclic) bond motifs is 1. The van der Waals surface area contributed by atoms with Gasteiger partial charge in [0.2, 0.25) is 5.91 Å². The van der Waals surface area contributed by atoms with Crippen molar-refractivity contribution in [3.8, 4) is 0 Å². The van der Waals surface area contributed by atoms with Gasteiger partial charge in [-0.25, -0.2) is 9.37 Å². The normalized spacial score (nSPS) is 13.6. The molecule has 2 atom stereocenters. The van der Waals surface area contributed by atoms with Crippen LogP contribution in [0.15, 0.2) is 48.8 Å². The number of aliphatic hydroxyl groups is 1. The fourth-order valence-electron chi connectivity index (χ4n) is 2.83. The number of aryl methyl sites for hydroxylation is 1. The summed E-state index contributed by atoms with van der Waals surface area (Å²) in [5.41, 5.74) is 3.04. The van der Waals surface area contributed by atoms with Crippen LogP contribution in [0.2, 0.25) is 0 Å². The number of imidazole rings is 1. The predicted octanol–water partition coefficient (Wildman–Crippen LogP) is 2.49. The van der Waals surface area contributed by atoms with Crippen molar-refractivity contribution in [2.45, 2.75) is 25.5 Å². The Bertz CT molecular complexity index is 907. The summed E-state index contributed by atoms with van der Waals surface area (Å²) in [4.78, 5) is 16.5. The lowest BCUT2D eigenvalue weighted by Crippen LogP contribution is -2.37. The molecule has 0 aliphatic rings. The number of hydrogen-bond donors (Lipinski definition) is 2. The Morgan fingerprint density at radius 2 is 2.08 bits per heavy atom. The Morgan fingerprint density at radius 1 is 1.32 bits per heavy atom. The summed E-state index contributed by atoms with van der Waals surface area (Å²) < 4.78 is 15.7. The molecule has 2 N–H and O–H groups in total. The van der Waals surface area contributed by atoms with E-state index in [1.54, 1.807) is 31.5 Å². The zero-order valence-corrected chi connectivity index (χ0v) is 14.1. The molecule has 1 aromatic heterocycles. The zero-order chi connectivity index (χ0) is 18.0. The predicted molar refractivity (Wildman–Crippen MR) is 93.4 cm³/mol. The van der Waals surface area contributed by atoms with Crippen LogP contribution in [-0.4, -0.2) is 26.7 Å². The van der Waals surface area contributed by atoms with E-state index in [9.17, 15) is 14.3 Å². The fraction of sp³-hybridized carbons (Fsp3) is 0.263. The van der Waals surface area contributed by atoms with Crippen LogP contribution in [0, 0.1) is 5.82 Å². The Morgan fingerprint density at radius 3 is 2.84 bits per heavy atom. The monoisotopic (exact) mass is 341 g/mol. The van der Waals surface area contributed by atoms with Gasteiger partial charge in [0.25, 0.3) is 0 Å². The van der Waals surface area contributed by atoms with Crippen molar-refractivity contribution < 1.29 is 14.3 Å². The summed E-state index contributed by atoms with van der Waals surface area (Å²) in [5.74, 6) is -1.60. The molecule has 1 amide bonds. The fourth-order valence-corrected chi connectivity index (χ4v) is 2.83. The van der Waals surface area contributed by atoms with Crippen LogP contribution >= 0.6 is 0 Å². The quantitative estimate of drug-likeness (QED) is 0.749. The van der Waals surface area contributed by atoms with Crippen molar-refractivity contribution in [2.24, 2.45) is 7.05 Å². The third kappa shape index (κ3) is 3.53. The first-order valence-corrected chi connectivity index (χ1v) is 8.07. The molecular formula is C19H20FN3O2. The number of nitrogens with zero attached hydrogens (tertiary/aromatic N) is 2. The highest BCUT2D eigenvalue weighted by Gasteiger charge is 2.25. The summed E-state index contributed by atoms with van der Waals surface area (Å²) in [6, 6.07) is 11.9. The largest absolute Gasteiger partial charge is 0.383 e. The van der Waals surface area contributed by atoms with Crippen LogP contribution in [-0.2, 0) is 18.4 Å². The molecule has 6 heteroatoms. The second-order valence-corrected chi connectivity index (χ2v) is 6.15. The second-order valence-electron chi connectivity index (χ2n) is 6.15. The van der Waals surface area contributed by atoms with E-state index in [0.717, 1.165) is 16.6 Å². The third-order valence-electron chi connectivity index (χ3n) is 4.39. The van der Waals surface area contributed by atoms with E-state index in [2.05, 4.69) is 10.3 Å². The summed E-state index contributed by atoms with van der Waals surface area (Å²) >= 11 is 0. The number of rotatable bonds is 5. The van der Waals surface area contributed by atoms with Gasteiger partial charge in [0, 0.05) is 19.5 Å². The number of nitrogens with one attached hydrogen (secondary N) is 1. The number of carbonyl (C=O) groups excluding carboxylic acids is 1. The molecule has 0 aliphatic heterocycles. The maximum atomic E-state index is 13.8. The maximum absolute atomic E-state index is 13.8. The number of aliphatic hydroxyl groups excluding tert-OH is 1. The van der Waals surface area contributed by atoms with E-state index in [4.69, 9.17) is 0 Å². The summed E-state index contributed by atoms with van der Waals surface area (Å²) in [6.45, 7) is 1.90. The van der Waals surface area contributed by atoms with Gasteiger partial charge < -0.3 is 15.0 Å². The minimum absolute atomic E-state index is 0.270. The van der Waals surface area contributed by atoms with Crippen molar-refractivity contribution in [3.05, 3.63) is 65.7 Å². The van der Waals surface area contributed by atoms with Gasteiger partial charge in [0.05, 0.1) is 17.4 Å². The highest BCUT2D eigenvalue weighted by Crippen LogP contribution is 2.22. The van der Waals surface area contributed by atoms with Crippen molar-refractivity contribution in [3.63, 3.8) is 0 Å². The van der Waals surface area contributed by atoms with Gasteiger partial charge in [-0.3, -0.25) is 4.79 Å². The Balaban J connectivity index is 1.65. The van der Waals surface area contributed by atoms with Crippen molar-refractivity contribution in [2.75, 3.05) is 0 Å². The van der Waals surface area contributed by atoms with Crippen LogP contribution in [0.3, 0.4) is 0 Å². The van der Waals surface area contributed by atoms with Gasteiger partial charge in [-0.05, 0) is 29.3 Å². The minimum atomic E-state index is -1.32. The van der Waals surface area contributed by atoms with Gasteiger partial charge in [-0.2, -0.15) is 0 Å². The number of carbonyl (C=O) groups is 1. The number of hydrogen-bond acceptors (Lipinski definition) is 3. The minimum Gasteiger partial charge on any atom is -0.383 e. The lowest BCUT2D eigenvalue weighted by atomic mass is 9.94. The average Bonchev–Trinajstić information content (AvgIpc) is 2.99. The van der Waals surface area contributed by atoms with Gasteiger partial charge in [0.15, 0.2) is 0 Å². The van der Waals surface area contributed by atoms with Crippen molar-refractivity contribution in [1.82, 2.24) is 14.9 Å². The molecule has 2 aromatic carbocycles. The number of halogens is 1. The lowest BCUT2D eigenvalue weighted by Gasteiger charge is -2.19. The Hall–Kier alpha value is -2.73. The molecule has 0 aliphatic carbocycles. The molecule has 3 rings (SSSR count). The zero-order valence-electron chi connectivity index (χ0n) is 14.1. The van der Waals surface area contributed by atoms with E-state index in [1.165, 1.54) is 6.07 Å². The SMILES string of the molecule is CC(c1ccccc1F)C(O)C(=O)NCc1ccc2c(c1)ncn2C. The summed E-state index contributed by atoms with van der Waals surface area (Å²) in [7, 11) is 1.91. The Kier molecular flexibility index (Phi) is 4.81. The molecule has 2 unspecified atom stereocenters. The van der Waals surface area contributed by atoms with Crippen LogP contribution in [0.4, 0.5) is 4.39 Å². The molecule has 0 spiro atoms. The number of benzene rings is 2. The van der Waals surface area contributed by atoms with E-state index in [-0.39, 0.29) is 6.54 Å². The van der Waals surface area contributed by atoms with Crippen LogP contribution in [0.25, 0.3) is 11.0 Å². The highest BCUT2D eigenvalue weighted by molar-refractivity contribution is 5.82. The first-order valence-electron chi connectivity index (χ1n) is 8.07. The molecule has 130 valence electrons. The molecule has 3 aromatic rings. The number of amides is 1. The second kappa shape index (κ2) is 7.03. The van der Waals surface area contributed by atoms with Crippen LogP contribution in [0.5, 0.6) is 0 Å². The lowest BCUT2D eigenvalue weighted by molar-refractivity contribution is -0.130. The first-order chi connectivity index (χ1) is 12.0. The molecular weight excluding hydrogens is 321 g/mol. The molecule has 5 nitrogen and oxygen atoms in total. The van der Waals surface area contributed by atoms with Crippen LogP contribution < -0.4 is 5.32 Å².